The summed E-state index contributed by atoms with van der Waals surface area (Å²) in [4.78, 5) is 23.3. The van der Waals surface area contributed by atoms with Crippen LogP contribution in [0.4, 0.5) is 0 Å². The molecule has 1 aliphatic rings. The number of ketones is 1. The standard InChI is InChI=1S/C18H18ClNO4/c1-10-17(11(2)21)18-16(8-15(9-23-18)24-12(3)22)20(10)14-6-4-13(19)5-7-14/h4-7,15H,8-9H2,1-3H3/t15-/m0/s1. The van der Waals surface area contributed by atoms with Crippen LogP contribution in [0, 0.1) is 6.92 Å². The van der Waals surface area contributed by atoms with Crippen molar-refractivity contribution in [3.8, 4) is 11.4 Å². The van der Waals surface area contributed by atoms with Crippen LogP contribution >= 0.6 is 11.6 Å². The molecule has 1 aromatic heterocycles. The molecule has 6 heteroatoms. The van der Waals surface area contributed by atoms with Gasteiger partial charge in [0.15, 0.2) is 11.5 Å². The van der Waals surface area contributed by atoms with Gasteiger partial charge < -0.3 is 14.0 Å². The van der Waals surface area contributed by atoms with Gasteiger partial charge in [0.1, 0.15) is 12.7 Å². The SMILES string of the molecule is CC(=O)O[C@@H]1COc2c(C(C)=O)c(C)n(-c3ccc(Cl)cc3)c2C1. The summed E-state index contributed by atoms with van der Waals surface area (Å²) in [5.41, 5.74) is 3.09. The second kappa shape index (κ2) is 6.32. The molecule has 0 radical (unpaired) electrons. The summed E-state index contributed by atoms with van der Waals surface area (Å²) < 4.78 is 13.0. The maximum Gasteiger partial charge on any atom is 0.303 e. The number of fused-ring (bicyclic) bond motifs is 1. The van der Waals surface area contributed by atoms with Gasteiger partial charge in [-0.05, 0) is 38.1 Å². The number of esters is 1. The van der Waals surface area contributed by atoms with Crippen LogP contribution in [0.2, 0.25) is 5.02 Å². The first-order valence-electron chi connectivity index (χ1n) is 7.69. The van der Waals surface area contributed by atoms with Crippen LogP contribution in [-0.4, -0.2) is 29.0 Å². The molecule has 5 nitrogen and oxygen atoms in total. The Kier molecular flexibility index (Phi) is 4.37. The Labute approximate surface area is 145 Å². The molecular weight excluding hydrogens is 330 g/mol. The molecule has 0 bridgehead atoms. The molecule has 0 saturated carbocycles. The highest BCUT2D eigenvalue weighted by Crippen LogP contribution is 2.37. The lowest BCUT2D eigenvalue weighted by atomic mass is 10.1. The molecule has 126 valence electrons. The summed E-state index contributed by atoms with van der Waals surface area (Å²) in [5, 5.41) is 0.637. The Bertz CT molecular complexity index is 807. The lowest BCUT2D eigenvalue weighted by molar-refractivity contribution is -0.148. The molecule has 0 aliphatic carbocycles. The maximum atomic E-state index is 12.1. The average Bonchev–Trinajstić information content (AvgIpc) is 2.79. The van der Waals surface area contributed by atoms with Gasteiger partial charge >= 0.3 is 5.97 Å². The predicted octanol–water partition coefficient (Wildman–Crippen LogP) is 3.51. The number of carbonyl (C=O) groups excluding carboxylic acids is 2. The summed E-state index contributed by atoms with van der Waals surface area (Å²) in [6, 6.07) is 7.36. The zero-order valence-electron chi connectivity index (χ0n) is 13.8. The fourth-order valence-electron chi connectivity index (χ4n) is 3.18. The summed E-state index contributed by atoms with van der Waals surface area (Å²) in [7, 11) is 0. The topological polar surface area (TPSA) is 57.5 Å². The number of carbonyl (C=O) groups is 2. The van der Waals surface area contributed by atoms with Gasteiger partial charge in [-0.1, -0.05) is 11.6 Å². The fourth-order valence-corrected chi connectivity index (χ4v) is 3.31. The van der Waals surface area contributed by atoms with Crippen molar-refractivity contribution in [2.45, 2.75) is 33.3 Å². The highest BCUT2D eigenvalue weighted by Gasteiger charge is 2.32. The molecule has 0 saturated heterocycles. The largest absolute Gasteiger partial charge is 0.487 e. The highest BCUT2D eigenvalue weighted by molar-refractivity contribution is 6.30. The third-order valence-electron chi connectivity index (χ3n) is 4.06. The van der Waals surface area contributed by atoms with Crippen molar-refractivity contribution >= 4 is 23.4 Å². The quantitative estimate of drug-likeness (QED) is 0.629. The molecule has 2 aromatic rings. The van der Waals surface area contributed by atoms with Gasteiger partial charge in [0.05, 0.1) is 11.3 Å². The normalized spacial score (nSPS) is 16.2. The number of benzene rings is 1. The minimum Gasteiger partial charge on any atom is -0.487 e. The second-order valence-electron chi connectivity index (χ2n) is 5.85. The summed E-state index contributed by atoms with van der Waals surface area (Å²) in [5.74, 6) is 0.181. The van der Waals surface area contributed by atoms with Crippen molar-refractivity contribution < 1.29 is 19.1 Å². The van der Waals surface area contributed by atoms with Crippen molar-refractivity contribution in [2.75, 3.05) is 6.61 Å². The van der Waals surface area contributed by atoms with E-state index in [9.17, 15) is 9.59 Å². The van der Waals surface area contributed by atoms with Crippen LogP contribution in [-0.2, 0) is 16.0 Å². The highest BCUT2D eigenvalue weighted by atomic mass is 35.5. The molecule has 0 fully saturated rings. The number of ether oxygens (including phenoxy) is 2. The zero-order valence-corrected chi connectivity index (χ0v) is 14.5. The lowest BCUT2D eigenvalue weighted by Crippen LogP contribution is -2.31. The number of halogens is 1. The Morgan fingerprint density at radius 1 is 1.25 bits per heavy atom. The van der Waals surface area contributed by atoms with Gasteiger partial charge in [0.25, 0.3) is 0 Å². The Balaban J connectivity index is 2.13. The van der Waals surface area contributed by atoms with Crippen molar-refractivity contribution in [1.29, 1.82) is 0 Å². The minimum atomic E-state index is -0.366. The zero-order chi connectivity index (χ0) is 17.4. The van der Waals surface area contributed by atoms with E-state index in [4.69, 9.17) is 21.1 Å². The van der Waals surface area contributed by atoms with Gasteiger partial charge in [-0.15, -0.1) is 0 Å². The van der Waals surface area contributed by atoms with E-state index in [0.29, 0.717) is 22.8 Å². The third kappa shape index (κ3) is 2.91. The van der Waals surface area contributed by atoms with E-state index in [2.05, 4.69) is 0 Å². The first-order valence-corrected chi connectivity index (χ1v) is 8.07. The molecular formula is C18H18ClNO4. The van der Waals surface area contributed by atoms with Gasteiger partial charge in [-0.3, -0.25) is 9.59 Å². The van der Waals surface area contributed by atoms with Crippen LogP contribution in [0.15, 0.2) is 24.3 Å². The van der Waals surface area contributed by atoms with Crippen molar-refractivity contribution in [3.63, 3.8) is 0 Å². The number of nitrogens with zero attached hydrogens (tertiary/aromatic N) is 1. The van der Waals surface area contributed by atoms with Crippen LogP contribution in [0.5, 0.6) is 5.75 Å². The van der Waals surface area contributed by atoms with Crippen molar-refractivity contribution in [1.82, 2.24) is 4.57 Å². The van der Waals surface area contributed by atoms with E-state index < -0.39 is 0 Å². The lowest BCUT2D eigenvalue weighted by Gasteiger charge is -2.24. The molecule has 0 N–H and O–H groups in total. The molecule has 0 unspecified atom stereocenters. The van der Waals surface area contributed by atoms with E-state index in [1.165, 1.54) is 13.8 Å². The van der Waals surface area contributed by atoms with E-state index >= 15 is 0 Å². The number of Topliss-reactive ketones (excluding diaryl/α,β-unsaturated/α-hetero) is 1. The number of hydrogen-bond acceptors (Lipinski definition) is 4. The van der Waals surface area contributed by atoms with Gasteiger partial charge in [0.2, 0.25) is 0 Å². The van der Waals surface area contributed by atoms with E-state index in [1.54, 1.807) is 12.1 Å². The van der Waals surface area contributed by atoms with E-state index in [0.717, 1.165) is 17.1 Å². The molecule has 0 amide bonds. The van der Waals surface area contributed by atoms with Crippen LogP contribution in [0.3, 0.4) is 0 Å². The van der Waals surface area contributed by atoms with E-state index in [1.807, 2.05) is 23.6 Å². The summed E-state index contributed by atoms with van der Waals surface area (Å²) in [6.45, 7) is 5.03. The van der Waals surface area contributed by atoms with Gasteiger partial charge in [0, 0.05) is 29.7 Å². The third-order valence-corrected chi connectivity index (χ3v) is 4.31. The fraction of sp³-hybridized carbons (Fsp3) is 0.333. The van der Waals surface area contributed by atoms with Gasteiger partial charge in [-0.2, -0.15) is 0 Å². The van der Waals surface area contributed by atoms with Gasteiger partial charge in [-0.25, -0.2) is 0 Å². The Morgan fingerprint density at radius 2 is 1.92 bits per heavy atom. The molecule has 2 heterocycles. The monoisotopic (exact) mass is 347 g/mol. The molecule has 24 heavy (non-hydrogen) atoms. The average molecular weight is 348 g/mol. The Morgan fingerprint density at radius 3 is 2.50 bits per heavy atom. The molecule has 0 spiro atoms. The minimum absolute atomic E-state index is 0.0533. The Hall–Kier alpha value is -2.27. The first kappa shape index (κ1) is 16.6. The molecule has 1 atom stereocenters. The number of aromatic nitrogens is 1. The number of hydrogen-bond donors (Lipinski definition) is 0. The number of rotatable bonds is 3. The van der Waals surface area contributed by atoms with Crippen LogP contribution < -0.4 is 4.74 Å². The van der Waals surface area contributed by atoms with E-state index in [-0.39, 0.29) is 24.5 Å². The summed E-state index contributed by atoms with van der Waals surface area (Å²) in [6.07, 6.45) is 0.126. The summed E-state index contributed by atoms with van der Waals surface area (Å²) >= 11 is 5.97. The van der Waals surface area contributed by atoms with Crippen LogP contribution in [0.25, 0.3) is 5.69 Å². The predicted molar refractivity (Wildman–Crippen MR) is 90.3 cm³/mol. The smallest absolute Gasteiger partial charge is 0.303 e. The van der Waals surface area contributed by atoms with Crippen molar-refractivity contribution in [3.05, 3.63) is 46.2 Å². The maximum absolute atomic E-state index is 12.1. The molecule has 3 rings (SSSR count). The molecule has 1 aliphatic heterocycles. The van der Waals surface area contributed by atoms with Crippen molar-refractivity contribution in [2.24, 2.45) is 0 Å². The first-order chi connectivity index (χ1) is 11.4. The second-order valence-corrected chi connectivity index (χ2v) is 6.29. The molecule has 1 aromatic carbocycles. The van der Waals surface area contributed by atoms with Crippen LogP contribution in [0.1, 0.15) is 35.6 Å².